The van der Waals surface area contributed by atoms with Gasteiger partial charge >= 0.3 is 5.97 Å². The third-order valence-corrected chi connectivity index (χ3v) is 3.46. The molecule has 1 aromatic carbocycles. The van der Waals surface area contributed by atoms with Gasteiger partial charge in [-0.05, 0) is 30.4 Å². The Balaban J connectivity index is 2.43. The number of aryl methyl sites for hydroxylation is 1. The van der Waals surface area contributed by atoms with Crippen LogP contribution in [0.5, 0.6) is 0 Å². The summed E-state index contributed by atoms with van der Waals surface area (Å²) in [7, 11) is 0. The van der Waals surface area contributed by atoms with Gasteiger partial charge in [0.25, 0.3) is 0 Å². The molecule has 7 heteroatoms. The molecule has 0 radical (unpaired) electrons. The molecule has 0 aliphatic carbocycles. The Kier molecular flexibility index (Phi) is 4.42. The fourth-order valence-corrected chi connectivity index (χ4v) is 2.48. The van der Waals surface area contributed by atoms with Crippen LogP contribution in [0, 0.1) is 5.41 Å². The van der Waals surface area contributed by atoms with Gasteiger partial charge in [0, 0.05) is 6.54 Å². The van der Waals surface area contributed by atoms with Gasteiger partial charge in [0.15, 0.2) is 12.0 Å². The molecule has 21 heavy (non-hydrogen) atoms. The first-order chi connectivity index (χ1) is 9.99. The number of aliphatic carboxylic acids is 1. The molecule has 2 aliphatic heterocycles. The first-order valence-electron chi connectivity index (χ1n) is 6.75. The van der Waals surface area contributed by atoms with E-state index in [2.05, 4.69) is 4.99 Å². The number of carboxylic acid groups (broad SMARTS) is 1. The highest BCUT2D eigenvalue weighted by molar-refractivity contribution is 5.93. The topological polar surface area (TPSA) is 129 Å². The molecule has 7 nitrogen and oxygen atoms in total. The van der Waals surface area contributed by atoms with Crippen molar-refractivity contribution in [3.8, 4) is 0 Å². The minimum atomic E-state index is -1.03. The van der Waals surface area contributed by atoms with E-state index in [0.717, 1.165) is 19.3 Å². The summed E-state index contributed by atoms with van der Waals surface area (Å²) < 4.78 is 0. The lowest BCUT2D eigenvalue weighted by Gasteiger charge is -2.30. The fraction of sp³-hybridized carbons (Fsp3) is 0.357. The molecule has 0 saturated carbocycles. The summed E-state index contributed by atoms with van der Waals surface area (Å²) in [6, 6.07) is 6.47. The van der Waals surface area contributed by atoms with Crippen molar-refractivity contribution in [3.05, 3.63) is 35.4 Å². The molecule has 0 aromatic heterocycles. The zero-order chi connectivity index (χ0) is 15.4. The van der Waals surface area contributed by atoms with E-state index in [9.17, 15) is 9.90 Å². The average Bonchev–Trinajstić information content (AvgIpc) is 2.43. The van der Waals surface area contributed by atoms with Crippen molar-refractivity contribution in [3.63, 3.8) is 0 Å². The smallest absolute Gasteiger partial charge is 0.331 e. The second-order valence-corrected chi connectivity index (χ2v) is 4.99. The van der Waals surface area contributed by atoms with Crippen LogP contribution in [0.2, 0.25) is 0 Å². The molecule has 1 unspecified atom stereocenters. The van der Waals surface area contributed by atoms with E-state index in [1.807, 2.05) is 12.1 Å². The van der Waals surface area contributed by atoms with Crippen molar-refractivity contribution < 1.29 is 9.90 Å². The monoisotopic (exact) mass is 289 g/mol. The van der Waals surface area contributed by atoms with E-state index in [4.69, 9.17) is 16.9 Å². The maximum atomic E-state index is 11.7. The lowest BCUT2D eigenvalue weighted by Crippen LogP contribution is -2.40. The van der Waals surface area contributed by atoms with Crippen LogP contribution in [0.3, 0.4) is 0 Å². The highest BCUT2D eigenvalue weighted by atomic mass is 16.4. The van der Waals surface area contributed by atoms with Crippen molar-refractivity contribution in [1.82, 2.24) is 4.90 Å². The van der Waals surface area contributed by atoms with Crippen LogP contribution in [0.1, 0.15) is 30.0 Å². The quantitative estimate of drug-likeness (QED) is 0.446. The van der Waals surface area contributed by atoms with E-state index in [-0.39, 0.29) is 11.9 Å². The Morgan fingerprint density at radius 1 is 1.29 bits per heavy atom. The molecule has 0 amide bonds. The third-order valence-electron chi connectivity index (χ3n) is 3.46. The second kappa shape index (κ2) is 6.25. The first-order valence-corrected chi connectivity index (χ1v) is 6.75. The maximum Gasteiger partial charge on any atom is 0.331 e. The predicted molar refractivity (Wildman–Crippen MR) is 80.0 cm³/mol. The van der Waals surface area contributed by atoms with Crippen molar-refractivity contribution in [2.45, 2.75) is 25.3 Å². The number of nitrogens with zero attached hydrogens (tertiary/aromatic N) is 2. The molecule has 0 spiro atoms. The summed E-state index contributed by atoms with van der Waals surface area (Å²) in [6.07, 6.45) is 2.61. The largest absolute Gasteiger partial charge is 0.479 e. The van der Waals surface area contributed by atoms with Crippen molar-refractivity contribution in [2.24, 2.45) is 16.5 Å². The van der Waals surface area contributed by atoms with Crippen LogP contribution >= 0.6 is 0 Å². The van der Waals surface area contributed by atoms with E-state index in [1.54, 1.807) is 12.1 Å². The van der Waals surface area contributed by atoms with Gasteiger partial charge in [-0.2, -0.15) is 4.99 Å². The minimum Gasteiger partial charge on any atom is -0.479 e. The molecular formula is C14H19N5O2. The summed E-state index contributed by atoms with van der Waals surface area (Å²) in [5.74, 6) is -1.51. The van der Waals surface area contributed by atoms with E-state index >= 15 is 0 Å². The van der Waals surface area contributed by atoms with Gasteiger partial charge in [-0.25, -0.2) is 4.79 Å². The van der Waals surface area contributed by atoms with Crippen LogP contribution in [0.15, 0.2) is 29.3 Å². The molecule has 2 bridgehead atoms. The number of hydrogen-bond donors (Lipinski definition) is 4. The highest BCUT2D eigenvalue weighted by Crippen LogP contribution is 2.25. The van der Waals surface area contributed by atoms with Gasteiger partial charge in [-0.3, -0.25) is 5.41 Å². The standard InChI is InChI=1S/C14H19N5O2/c15-13(16)18-14(17)19-8-2-1-3-9-4-6-10(7-5-9)11(19)12(20)21/h4-7,11H,1-3,8H2,(H,20,21)(H5,15,16,17,18). The lowest BCUT2D eigenvalue weighted by atomic mass is 9.99. The summed E-state index contributed by atoms with van der Waals surface area (Å²) >= 11 is 0. The molecule has 2 aliphatic rings. The first kappa shape index (κ1) is 14.8. The summed E-state index contributed by atoms with van der Waals surface area (Å²) in [5, 5.41) is 17.5. The van der Waals surface area contributed by atoms with Crippen LogP contribution in [0.25, 0.3) is 0 Å². The number of rotatable bonds is 1. The zero-order valence-corrected chi connectivity index (χ0v) is 11.6. The van der Waals surface area contributed by atoms with E-state index in [0.29, 0.717) is 12.1 Å². The summed E-state index contributed by atoms with van der Waals surface area (Å²) in [5.41, 5.74) is 12.4. The Labute approximate surface area is 122 Å². The normalized spacial score (nSPS) is 18.1. The minimum absolute atomic E-state index is 0.230. The number of aliphatic imine (C=N–C) groups is 1. The molecule has 3 rings (SSSR count). The van der Waals surface area contributed by atoms with Gasteiger partial charge < -0.3 is 21.5 Å². The number of carboxylic acids is 1. The fourth-order valence-electron chi connectivity index (χ4n) is 2.48. The van der Waals surface area contributed by atoms with Crippen molar-refractivity contribution in [1.29, 1.82) is 5.41 Å². The van der Waals surface area contributed by atoms with Gasteiger partial charge in [-0.15, -0.1) is 0 Å². The molecule has 1 atom stereocenters. The summed E-state index contributed by atoms with van der Waals surface area (Å²) in [4.78, 5) is 16.8. The number of nitrogens with one attached hydrogen (secondary N) is 1. The highest BCUT2D eigenvalue weighted by Gasteiger charge is 2.29. The molecule has 0 saturated heterocycles. The Morgan fingerprint density at radius 3 is 2.52 bits per heavy atom. The Bertz CT molecular complexity index is 563. The average molecular weight is 289 g/mol. The number of guanidine groups is 2. The van der Waals surface area contributed by atoms with Crippen molar-refractivity contribution >= 4 is 17.9 Å². The molecule has 112 valence electrons. The second-order valence-electron chi connectivity index (χ2n) is 4.99. The predicted octanol–water partition coefficient (Wildman–Crippen LogP) is 0.659. The molecule has 6 N–H and O–H groups in total. The van der Waals surface area contributed by atoms with Crippen LogP contribution in [-0.4, -0.2) is 34.4 Å². The van der Waals surface area contributed by atoms with Gasteiger partial charge in [-0.1, -0.05) is 24.3 Å². The molecule has 2 heterocycles. The van der Waals surface area contributed by atoms with Crippen LogP contribution < -0.4 is 11.5 Å². The van der Waals surface area contributed by atoms with Crippen molar-refractivity contribution in [2.75, 3.05) is 6.54 Å². The maximum absolute atomic E-state index is 11.7. The molecular weight excluding hydrogens is 270 g/mol. The lowest BCUT2D eigenvalue weighted by molar-refractivity contribution is -0.142. The molecule has 0 fully saturated rings. The number of benzene rings is 1. The number of fused-ring (bicyclic) bond motifs is 7. The Hall–Kier alpha value is -2.57. The molecule has 1 aromatic rings. The Morgan fingerprint density at radius 2 is 1.95 bits per heavy atom. The van der Waals surface area contributed by atoms with E-state index < -0.39 is 12.0 Å². The number of nitrogens with two attached hydrogens (primary N) is 2. The van der Waals surface area contributed by atoms with Gasteiger partial charge in [0.05, 0.1) is 0 Å². The van der Waals surface area contributed by atoms with E-state index in [1.165, 1.54) is 10.5 Å². The third kappa shape index (κ3) is 3.50. The summed E-state index contributed by atoms with van der Waals surface area (Å²) in [6.45, 7) is 0.422. The van der Waals surface area contributed by atoms with Gasteiger partial charge in [0.2, 0.25) is 5.96 Å². The van der Waals surface area contributed by atoms with Gasteiger partial charge in [0.1, 0.15) is 0 Å². The zero-order valence-electron chi connectivity index (χ0n) is 11.6. The number of carbonyl (C=O) groups is 1. The SMILES string of the molecule is N=C(N=C(N)N)N1CCCCc2ccc(cc2)C1C(=O)O. The van der Waals surface area contributed by atoms with Crippen LogP contribution in [-0.2, 0) is 11.2 Å². The number of hydrogen-bond acceptors (Lipinski definition) is 2. The van der Waals surface area contributed by atoms with Crippen LogP contribution in [0.4, 0.5) is 0 Å².